The number of nitrogens with zero attached hydrogens (tertiary/aromatic N) is 4. The summed E-state index contributed by atoms with van der Waals surface area (Å²) in [6, 6.07) is 20.8. The number of H-pyrrole nitrogens is 1. The van der Waals surface area contributed by atoms with Crippen LogP contribution in [-0.4, -0.2) is 87.2 Å². The fraction of sp³-hybridized carbons (Fsp3) is 0.378. The average molecular weight is 701 g/mol. The number of anilines is 1. The van der Waals surface area contributed by atoms with Crippen molar-refractivity contribution in [2.45, 2.75) is 50.6 Å². The van der Waals surface area contributed by atoms with Gasteiger partial charge in [-0.15, -0.1) is 0 Å². The number of hydrogen-bond acceptors (Lipinski definition) is 9. The molecule has 0 bridgehead atoms. The number of imide groups is 1. The first-order valence-corrected chi connectivity index (χ1v) is 18.3. The van der Waals surface area contributed by atoms with E-state index in [1.54, 1.807) is 39.2 Å². The first-order valence-electron chi connectivity index (χ1n) is 16.8. The molecular weight excluding hydrogens is 657 g/mol. The number of rotatable bonds is 13. The van der Waals surface area contributed by atoms with Crippen LogP contribution in [0, 0.1) is 13.8 Å². The minimum Gasteiger partial charge on any atom is -0.493 e. The van der Waals surface area contributed by atoms with Gasteiger partial charge in [0.2, 0.25) is 10.0 Å². The van der Waals surface area contributed by atoms with Crippen LogP contribution in [-0.2, 0) is 10.0 Å². The number of carbonyl (C=O) groups is 2. The Morgan fingerprint density at radius 2 is 1.60 bits per heavy atom. The van der Waals surface area contributed by atoms with E-state index in [0.29, 0.717) is 65.5 Å². The first kappa shape index (κ1) is 35.1. The minimum atomic E-state index is -3.82. The number of aromatic nitrogens is 2. The van der Waals surface area contributed by atoms with Crippen LogP contribution in [0.15, 0.2) is 71.6 Å². The Bertz CT molecular complexity index is 1950. The summed E-state index contributed by atoms with van der Waals surface area (Å²) in [6.45, 7) is 8.64. The Hall–Kier alpha value is -4.72. The van der Waals surface area contributed by atoms with E-state index < -0.39 is 16.1 Å². The number of sulfonamides is 1. The molecule has 0 unspecified atom stereocenters. The van der Waals surface area contributed by atoms with Crippen LogP contribution in [0.3, 0.4) is 0 Å². The lowest BCUT2D eigenvalue weighted by Gasteiger charge is -2.39. The normalized spacial score (nSPS) is 16.4. The molecule has 264 valence electrons. The second kappa shape index (κ2) is 14.6. The van der Waals surface area contributed by atoms with Crippen molar-refractivity contribution in [2.75, 3.05) is 51.8 Å². The lowest BCUT2D eigenvalue weighted by Crippen LogP contribution is -2.47. The highest BCUT2D eigenvalue weighted by Crippen LogP contribution is 2.41. The molecule has 0 aliphatic carbocycles. The number of amides is 2. The van der Waals surface area contributed by atoms with Gasteiger partial charge in [0.05, 0.1) is 48.5 Å². The number of fused-ring (bicyclic) bond motifs is 1. The quantitative estimate of drug-likeness (QED) is 0.146. The topological polar surface area (TPSA) is 137 Å². The van der Waals surface area contributed by atoms with E-state index in [9.17, 15) is 18.0 Å². The third-order valence-electron chi connectivity index (χ3n) is 9.79. The molecule has 2 aliphatic rings. The number of aromatic amines is 1. The van der Waals surface area contributed by atoms with Gasteiger partial charge in [0.25, 0.3) is 11.8 Å². The predicted molar refractivity (Wildman–Crippen MR) is 190 cm³/mol. The zero-order valence-electron chi connectivity index (χ0n) is 29.1. The molecular formula is C37H44N6O6S. The number of hydrogen-bond donors (Lipinski definition) is 2. The second-order valence-electron chi connectivity index (χ2n) is 12.7. The lowest BCUT2D eigenvalue weighted by atomic mass is 9.99. The molecule has 2 atom stereocenters. The molecule has 12 nitrogen and oxygen atoms in total. The zero-order chi connectivity index (χ0) is 35.6. The van der Waals surface area contributed by atoms with E-state index in [4.69, 9.17) is 9.47 Å². The van der Waals surface area contributed by atoms with Crippen LogP contribution in [0.1, 0.15) is 75.1 Å². The van der Waals surface area contributed by atoms with Gasteiger partial charge in [-0.3, -0.25) is 24.5 Å². The summed E-state index contributed by atoms with van der Waals surface area (Å²) in [5.41, 5.74) is 4.29. The molecule has 2 N–H and O–H groups in total. The maximum absolute atomic E-state index is 14.4. The summed E-state index contributed by atoms with van der Waals surface area (Å²) >= 11 is 0. The molecule has 0 radical (unpaired) electrons. The predicted octanol–water partition coefficient (Wildman–Crippen LogP) is 5.02. The zero-order valence-corrected chi connectivity index (χ0v) is 29.9. The molecule has 4 aromatic rings. The van der Waals surface area contributed by atoms with Crippen molar-refractivity contribution in [1.29, 1.82) is 0 Å². The summed E-state index contributed by atoms with van der Waals surface area (Å²) < 4.78 is 39.9. The van der Waals surface area contributed by atoms with E-state index >= 15 is 0 Å². The third-order valence-corrected chi connectivity index (χ3v) is 11.5. The van der Waals surface area contributed by atoms with Gasteiger partial charge in [0.15, 0.2) is 11.5 Å². The molecule has 2 aliphatic heterocycles. The average Bonchev–Trinajstić information content (AvgIpc) is 3.62. The molecule has 13 heteroatoms. The summed E-state index contributed by atoms with van der Waals surface area (Å²) in [6.07, 6.45) is 0.647. The van der Waals surface area contributed by atoms with Crippen LogP contribution in [0.25, 0.3) is 0 Å². The number of carbonyl (C=O) groups excluding carboxylic acids is 2. The highest BCUT2D eigenvalue weighted by molar-refractivity contribution is 7.89. The number of piperazine rings is 1. The van der Waals surface area contributed by atoms with Crippen molar-refractivity contribution >= 4 is 27.5 Å². The fourth-order valence-corrected chi connectivity index (χ4v) is 8.58. The maximum Gasteiger partial charge on any atom is 0.264 e. The number of benzene rings is 3. The minimum absolute atomic E-state index is 0.0935. The van der Waals surface area contributed by atoms with Crippen LogP contribution in [0.4, 0.5) is 5.69 Å². The molecule has 3 aromatic carbocycles. The van der Waals surface area contributed by atoms with E-state index in [1.165, 1.54) is 17.6 Å². The molecule has 0 spiro atoms. The first-order chi connectivity index (χ1) is 24.1. The molecule has 3 heterocycles. The summed E-state index contributed by atoms with van der Waals surface area (Å²) in [5.74, 6) is 0.222. The largest absolute Gasteiger partial charge is 0.493 e. The molecule has 1 aromatic heterocycles. The summed E-state index contributed by atoms with van der Waals surface area (Å²) in [7, 11) is -0.757. The van der Waals surface area contributed by atoms with Crippen molar-refractivity contribution in [3.8, 4) is 11.5 Å². The lowest BCUT2D eigenvalue weighted by molar-refractivity contribution is 0.0572. The molecule has 0 saturated carbocycles. The third kappa shape index (κ3) is 6.72. The highest BCUT2D eigenvalue weighted by Gasteiger charge is 2.43. The number of methoxy groups -OCH3 is 2. The van der Waals surface area contributed by atoms with Crippen molar-refractivity contribution in [2.24, 2.45) is 0 Å². The van der Waals surface area contributed by atoms with Gasteiger partial charge >= 0.3 is 0 Å². The van der Waals surface area contributed by atoms with Crippen LogP contribution in [0.5, 0.6) is 11.5 Å². The summed E-state index contributed by atoms with van der Waals surface area (Å²) in [5, 5.41) is 6.72. The van der Waals surface area contributed by atoms with Crippen molar-refractivity contribution in [3.63, 3.8) is 0 Å². The number of ether oxygens (including phenoxy) is 2. The Morgan fingerprint density at radius 1 is 0.880 bits per heavy atom. The van der Waals surface area contributed by atoms with Gasteiger partial charge in [-0.2, -0.15) is 5.10 Å². The van der Waals surface area contributed by atoms with Gasteiger partial charge in [-0.25, -0.2) is 13.1 Å². The van der Waals surface area contributed by atoms with Crippen molar-refractivity contribution in [3.05, 3.63) is 100 Å². The fourth-order valence-electron chi connectivity index (χ4n) is 7.14. The Kier molecular flexibility index (Phi) is 10.3. The maximum atomic E-state index is 14.4. The van der Waals surface area contributed by atoms with Gasteiger partial charge in [-0.1, -0.05) is 42.5 Å². The SMILES string of the molecule is COc1ccc([C@@H](CCCNS(=O)(=O)c2c(C)n[nH]c2C)N2C(=O)c3cccc(N4CCN([C@H](C)c5ccccc5)CC4)c3C2=O)cc1OC. The smallest absolute Gasteiger partial charge is 0.264 e. The molecule has 50 heavy (non-hydrogen) atoms. The highest BCUT2D eigenvalue weighted by atomic mass is 32.2. The standard InChI is InChI=1S/C37H44N6O6S/c1-24-35(25(2)40-39-24)50(46,47)38-18-10-15-30(28-16-17-32(48-4)33(23-28)49-5)43-36(44)29-13-9-14-31(34(29)37(43)45)42-21-19-41(20-22-42)26(3)27-11-7-6-8-12-27/h6-9,11-14,16-17,23,26,30,38H,10,15,18-22H2,1-5H3,(H,39,40)/t26-,30-/m1/s1. The Balaban J connectivity index is 1.24. The van der Waals surface area contributed by atoms with Crippen molar-refractivity contribution in [1.82, 2.24) is 24.7 Å². The van der Waals surface area contributed by atoms with Gasteiger partial charge in [0.1, 0.15) is 4.90 Å². The van der Waals surface area contributed by atoms with Crippen LogP contribution < -0.4 is 19.1 Å². The van der Waals surface area contributed by atoms with Gasteiger partial charge in [0, 0.05) is 38.8 Å². The van der Waals surface area contributed by atoms with E-state index in [2.05, 4.69) is 55.9 Å². The van der Waals surface area contributed by atoms with E-state index in [-0.39, 0.29) is 29.3 Å². The molecule has 6 rings (SSSR count). The van der Waals surface area contributed by atoms with E-state index in [1.807, 2.05) is 24.3 Å². The molecule has 1 fully saturated rings. The number of nitrogens with one attached hydrogen (secondary N) is 2. The van der Waals surface area contributed by atoms with Gasteiger partial charge in [-0.05, 0) is 69.0 Å². The second-order valence-corrected chi connectivity index (χ2v) is 14.4. The summed E-state index contributed by atoms with van der Waals surface area (Å²) in [4.78, 5) is 34.7. The Labute approximate surface area is 293 Å². The van der Waals surface area contributed by atoms with Crippen molar-refractivity contribution < 1.29 is 27.5 Å². The van der Waals surface area contributed by atoms with Crippen LogP contribution in [0.2, 0.25) is 0 Å². The molecule has 2 amide bonds. The van der Waals surface area contributed by atoms with Gasteiger partial charge < -0.3 is 14.4 Å². The Morgan fingerprint density at radius 3 is 2.26 bits per heavy atom. The van der Waals surface area contributed by atoms with Crippen LogP contribution >= 0.6 is 0 Å². The number of aryl methyl sites for hydroxylation is 2. The monoisotopic (exact) mass is 700 g/mol. The van der Waals surface area contributed by atoms with E-state index in [0.717, 1.165) is 18.8 Å². The molecule has 1 saturated heterocycles.